The molecule has 4 nitrogen and oxygen atoms in total. The normalized spacial score (nSPS) is 10.8. The van der Waals surface area contributed by atoms with Gasteiger partial charge >= 0.3 is 0 Å². The van der Waals surface area contributed by atoms with Crippen molar-refractivity contribution in [2.45, 2.75) is 0 Å². The molecule has 1 amide bonds. The van der Waals surface area contributed by atoms with Crippen LogP contribution in [0.25, 0.3) is 0 Å². The second-order valence-corrected chi connectivity index (χ2v) is 5.73. The van der Waals surface area contributed by atoms with Crippen molar-refractivity contribution >= 4 is 44.8 Å². The van der Waals surface area contributed by atoms with E-state index in [9.17, 15) is 9.18 Å². The van der Waals surface area contributed by atoms with Gasteiger partial charge in [-0.25, -0.2) is 4.39 Å². The first-order valence-electron chi connectivity index (χ1n) is 6.38. The number of anilines is 2. The van der Waals surface area contributed by atoms with E-state index in [4.69, 9.17) is 16.9 Å². The molecule has 2 N–H and O–H groups in total. The SMILES string of the molecule is N#C/C(=C/Nc1ccc(F)c(Cl)c1)C(=O)Nc1ccc(Br)cc1. The van der Waals surface area contributed by atoms with E-state index < -0.39 is 11.7 Å². The topological polar surface area (TPSA) is 64.9 Å². The average molecular weight is 395 g/mol. The first-order chi connectivity index (χ1) is 11.0. The van der Waals surface area contributed by atoms with Crippen molar-refractivity contribution in [2.75, 3.05) is 10.6 Å². The number of hydrogen-bond acceptors (Lipinski definition) is 3. The maximum atomic E-state index is 13.1. The maximum Gasteiger partial charge on any atom is 0.267 e. The molecule has 2 aromatic rings. The zero-order valence-electron chi connectivity index (χ0n) is 11.6. The Labute approximate surface area is 145 Å². The molecule has 7 heteroatoms. The van der Waals surface area contributed by atoms with Crippen LogP contribution in [-0.2, 0) is 4.79 Å². The minimum atomic E-state index is -0.560. The van der Waals surface area contributed by atoms with Crippen molar-refractivity contribution in [3.8, 4) is 6.07 Å². The first kappa shape index (κ1) is 17.0. The molecule has 0 saturated heterocycles. The molecule has 0 unspecified atom stereocenters. The van der Waals surface area contributed by atoms with E-state index in [-0.39, 0.29) is 10.6 Å². The Morgan fingerprint density at radius 3 is 2.48 bits per heavy atom. The first-order valence-corrected chi connectivity index (χ1v) is 7.55. The molecule has 0 radical (unpaired) electrons. The summed E-state index contributed by atoms with van der Waals surface area (Å²) in [7, 11) is 0. The summed E-state index contributed by atoms with van der Waals surface area (Å²) in [5, 5.41) is 14.4. The number of benzene rings is 2. The van der Waals surface area contributed by atoms with Crippen LogP contribution < -0.4 is 10.6 Å². The Morgan fingerprint density at radius 1 is 1.22 bits per heavy atom. The Kier molecular flexibility index (Phi) is 5.74. The van der Waals surface area contributed by atoms with Crippen LogP contribution in [0.1, 0.15) is 0 Å². The molecule has 23 heavy (non-hydrogen) atoms. The number of hydrogen-bond donors (Lipinski definition) is 2. The predicted octanol–water partition coefficient (Wildman–Crippen LogP) is 4.70. The highest BCUT2D eigenvalue weighted by atomic mass is 79.9. The van der Waals surface area contributed by atoms with Crippen LogP contribution in [-0.4, -0.2) is 5.91 Å². The molecule has 0 heterocycles. The minimum Gasteiger partial charge on any atom is -0.360 e. The molecule has 0 atom stereocenters. The van der Waals surface area contributed by atoms with E-state index in [1.54, 1.807) is 30.3 Å². The summed E-state index contributed by atoms with van der Waals surface area (Å²) in [6.45, 7) is 0. The number of nitriles is 1. The third-order valence-electron chi connectivity index (χ3n) is 2.77. The van der Waals surface area contributed by atoms with Crippen molar-refractivity contribution in [1.29, 1.82) is 5.26 Å². The molecule has 0 aliphatic carbocycles. The molecule has 116 valence electrons. The van der Waals surface area contributed by atoms with Crippen LogP contribution in [0.15, 0.2) is 58.7 Å². The highest BCUT2D eigenvalue weighted by Crippen LogP contribution is 2.19. The van der Waals surface area contributed by atoms with E-state index in [0.717, 1.165) is 4.47 Å². The molecule has 0 aliphatic rings. The summed E-state index contributed by atoms with van der Waals surface area (Å²) < 4.78 is 13.9. The van der Waals surface area contributed by atoms with Gasteiger partial charge < -0.3 is 10.6 Å². The standard InChI is InChI=1S/C16H10BrClFN3O/c17-11-1-3-12(4-2-11)22-16(23)10(8-20)9-21-13-5-6-15(19)14(18)7-13/h1-7,9,21H,(H,22,23)/b10-9-. The molecule has 0 aromatic heterocycles. The zero-order valence-corrected chi connectivity index (χ0v) is 14.0. The van der Waals surface area contributed by atoms with Gasteiger partial charge in [0, 0.05) is 22.0 Å². The number of halogens is 3. The van der Waals surface area contributed by atoms with Crippen molar-refractivity contribution in [3.05, 3.63) is 69.6 Å². The van der Waals surface area contributed by atoms with E-state index in [1.807, 2.05) is 0 Å². The Morgan fingerprint density at radius 2 is 1.87 bits per heavy atom. The lowest BCUT2D eigenvalue weighted by atomic mass is 10.2. The molecular weight excluding hydrogens is 385 g/mol. The van der Waals surface area contributed by atoms with Crippen molar-refractivity contribution in [1.82, 2.24) is 0 Å². The summed E-state index contributed by atoms with van der Waals surface area (Å²) in [6.07, 6.45) is 1.23. The number of carbonyl (C=O) groups is 1. The lowest BCUT2D eigenvalue weighted by molar-refractivity contribution is -0.112. The summed E-state index contributed by atoms with van der Waals surface area (Å²) in [4.78, 5) is 12.0. The Bertz CT molecular complexity index is 800. The molecular formula is C16H10BrClFN3O. The monoisotopic (exact) mass is 393 g/mol. The summed E-state index contributed by atoms with van der Waals surface area (Å²) in [5.41, 5.74) is 0.887. The van der Waals surface area contributed by atoms with E-state index in [2.05, 4.69) is 26.6 Å². The van der Waals surface area contributed by atoms with Crippen LogP contribution >= 0.6 is 27.5 Å². The average Bonchev–Trinajstić information content (AvgIpc) is 2.53. The van der Waals surface area contributed by atoms with Gasteiger partial charge in [-0.1, -0.05) is 27.5 Å². The second-order valence-electron chi connectivity index (χ2n) is 4.40. The molecule has 0 saturated carbocycles. The van der Waals surface area contributed by atoms with Gasteiger partial charge in [0.1, 0.15) is 17.5 Å². The van der Waals surface area contributed by atoms with Gasteiger partial charge in [-0.05, 0) is 42.5 Å². The second kappa shape index (κ2) is 7.77. The molecule has 0 fully saturated rings. The highest BCUT2D eigenvalue weighted by Gasteiger charge is 2.09. The van der Waals surface area contributed by atoms with E-state index in [1.165, 1.54) is 24.4 Å². The van der Waals surface area contributed by atoms with Crippen LogP contribution in [0.4, 0.5) is 15.8 Å². The van der Waals surface area contributed by atoms with Crippen molar-refractivity contribution < 1.29 is 9.18 Å². The van der Waals surface area contributed by atoms with Gasteiger partial charge in [-0.15, -0.1) is 0 Å². The third kappa shape index (κ3) is 4.81. The zero-order chi connectivity index (χ0) is 16.8. The van der Waals surface area contributed by atoms with Crippen molar-refractivity contribution in [2.24, 2.45) is 0 Å². The lowest BCUT2D eigenvalue weighted by Gasteiger charge is -2.06. The number of amides is 1. The van der Waals surface area contributed by atoms with E-state index >= 15 is 0 Å². The largest absolute Gasteiger partial charge is 0.360 e. The van der Waals surface area contributed by atoms with Gasteiger partial charge in [0.2, 0.25) is 0 Å². The lowest BCUT2D eigenvalue weighted by Crippen LogP contribution is -2.14. The minimum absolute atomic E-state index is 0.0544. The smallest absolute Gasteiger partial charge is 0.267 e. The fourth-order valence-corrected chi connectivity index (χ4v) is 2.07. The van der Waals surface area contributed by atoms with Gasteiger partial charge in [-0.3, -0.25) is 4.79 Å². The number of nitrogens with zero attached hydrogens (tertiary/aromatic N) is 1. The van der Waals surface area contributed by atoms with Gasteiger partial charge in [0.25, 0.3) is 5.91 Å². The van der Waals surface area contributed by atoms with Gasteiger partial charge in [0.15, 0.2) is 0 Å². The molecule has 0 spiro atoms. The van der Waals surface area contributed by atoms with Crippen LogP contribution in [0, 0.1) is 17.1 Å². The fraction of sp³-hybridized carbons (Fsp3) is 0. The number of carbonyl (C=O) groups excluding carboxylic acids is 1. The van der Waals surface area contributed by atoms with Crippen LogP contribution in [0.2, 0.25) is 5.02 Å². The quantitative estimate of drug-likeness (QED) is 0.583. The molecule has 2 aromatic carbocycles. The summed E-state index contributed by atoms with van der Waals surface area (Å²) in [5.74, 6) is -1.11. The molecule has 0 bridgehead atoms. The number of nitrogens with one attached hydrogen (secondary N) is 2. The number of rotatable bonds is 4. The van der Waals surface area contributed by atoms with E-state index in [0.29, 0.717) is 11.4 Å². The van der Waals surface area contributed by atoms with Crippen LogP contribution in [0.3, 0.4) is 0 Å². The Balaban J connectivity index is 2.08. The van der Waals surface area contributed by atoms with Gasteiger partial charge in [0.05, 0.1) is 5.02 Å². The predicted molar refractivity (Wildman–Crippen MR) is 91.5 cm³/mol. The molecule has 2 rings (SSSR count). The summed E-state index contributed by atoms with van der Waals surface area (Å²) in [6, 6.07) is 12.7. The highest BCUT2D eigenvalue weighted by molar-refractivity contribution is 9.10. The third-order valence-corrected chi connectivity index (χ3v) is 3.59. The van der Waals surface area contributed by atoms with Gasteiger partial charge in [-0.2, -0.15) is 5.26 Å². The molecule has 0 aliphatic heterocycles. The fourth-order valence-electron chi connectivity index (χ4n) is 1.62. The Hall–Kier alpha value is -2.36. The van der Waals surface area contributed by atoms with Crippen LogP contribution in [0.5, 0.6) is 0 Å². The summed E-state index contributed by atoms with van der Waals surface area (Å²) >= 11 is 8.95. The maximum absolute atomic E-state index is 13.1. The van der Waals surface area contributed by atoms with Crippen molar-refractivity contribution in [3.63, 3.8) is 0 Å².